The summed E-state index contributed by atoms with van der Waals surface area (Å²) < 4.78 is 5.06. The highest BCUT2D eigenvalue weighted by Gasteiger charge is 2.15. The van der Waals surface area contributed by atoms with Crippen LogP contribution in [0.25, 0.3) is 11.1 Å². The van der Waals surface area contributed by atoms with E-state index in [9.17, 15) is 4.79 Å². The number of aryl methyl sites for hydroxylation is 1. The Morgan fingerprint density at radius 2 is 1.88 bits per heavy atom. The van der Waals surface area contributed by atoms with Crippen molar-refractivity contribution < 1.29 is 9.53 Å². The maximum absolute atomic E-state index is 11.2. The predicted molar refractivity (Wildman–Crippen MR) is 134 cm³/mol. The van der Waals surface area contributed by atoms with Crippen molar-refractivity contribution in [3.63, 3.8) is 0 Å². The van der Waals surface area contributed by atoms with Gasteiger partial charge in [-0.1, -0.05) is 59.6 Å². The van der Waals surface area contributed by atoms with Gasteiger partial charge in [-0.15, -0.1) is 5.11 Å². The number of carbonyl (C=O) groups excluding carboxylic acids is 1. The summed E-state index contributed by atoms with van der Waals surface area (Å²) in [6.07, 6.45) is 0.619. The zero-order valence-electron chi connectivity index (χ0n) is 18.8. The number of esters is 1. The quantitative estimate of drug-likeness (QED) is 0.232. The van der Waals surface area contributed by atoms with Gasteiger partial charge in [0.05, 0.1) is 23.8 Å². The molecule has 0 saturated heterocycles. The Labute approximate surface area is 207 Å². The summed E-state index contributed by atoms with van der Waals surface area (Å²) in [7, 11) is 0. The van der Waals surface area contributed by atoms with Crippen LogP contribution in [0.5, 0.6) is 0 Å². The van der Waals surface area contributed by atoms with E-state index in [0.29, 0.717) is 40.8 Å². The molecule has 0 saturated carbocycles. The van der Waals surface area contributed by atoms with Gasteiger partial charge in [0.25, 0.3) is 0 Å². The van der Waals surface area contributed by atoms with Crippen LogP contribution in [0.2, 0.25) is 10.0 Å². The van der Waals surface area contributed by atoms with E-state index in [0.717, 1.165) is 16.8 Å². The summed E-state index contributed by atoms with van der Waals surface area (Å²) in [4.78, 5) is 19.6. The molecule has 3 rings (SSSR count). The van der Waals surface area contributed by atoms with E-state index in [1.165, 1.54) is 6.92 Å². The van der Waals surface area contributed by atoms with E-state index in [1.807, 2.05) is 31.2 Å². The molecule has 1 heterocycles. The fraction of sp³-hybridized carbons (Fsp3) is 0.261. The second kappa shape index (κ2) is 11.6. The van der Waals surface area contributed by atoms with Crippen LogP contribution in [0.1, 0.15) is 25.1 Å². The number of aromatic nitrogens is 2. The van der Waals surface area contributed by atoms with E-state index in [2.05, 4.69) is 20.3 Å². The molecule has 0 spiro atoms. The molecular weight excluding hydrogens is 477 g/mol. The first-order valence-electron chi connectivity index (χ1n) is 10.5. The molecule has 178 valence electrons. The lowest BCUT2D eigenvalue weighted by atomic mass is 10.0. The number of benzene rings is 2. The number of halogens is 2. The van der Waals surface area contributed by atoms with E-state index in [-0.39, 0.29) is 24.3 Å². The van der Waals surface area contributed by atoms with Crippen LogP contribution in [-0.2, 0) is 22.5 Å². The number of nitrogens with two attached hydrogens (primary N) is 2. The van der Waals surface area contributed by atoms with Gasteiger partial charge in [0, 0.05) is 17.5 Å². The van der Waals surface area contributed by atoms with Crippen LogP contribution in [0.4, 0.5) is 17.5 Å². The number of nitrogen functional groups attached to an aromatic ring is 2. The minimum Gasteiger partial charge on any atom is -0.464 e. The van der Waals surface area contributed by atoms with Crippen molar-refractivity contribution in [3.05, 3.63) is 63.8 Å². The maximum atomic E-state index is 11.2. The first kappa shape index (κ1) is 25.2. The van der Waals surface area contributed by atoms with Gasteiger partial charge in [0.2, 0.25) is 5.95 Å². The van der Waals surface area contributed by atoms with Gasteiger partial charge < -0.3 is 16.2 Å². The maximum Gasteiger partial charge on any atom is 0.302 e. The lowest BCUT2D eigenvalue weighted by molar-refractivity contribution is -0.141. The van der Waals surface area contributed by atoms with Crippen LogP contribution in [-0.4, -0.2) is 34.1 Å². The molecule has 4 N–H and O–H groups in total. The standard InChI is InChI=1S/C23H25Cl2N7O2/c1-3-19-21(22(26)29-23(27)28-19)15-8-9-18(25)20(12-15)30-31-32(10-11-34-14(2)33)13-16-6-4-5-7-17(16)24/h4-9,12H,3,10-11,13H2,1-2H3,(H4,26,27,28,29). The lowest BCUT2D eigenvalue weighted by Crippen LogP contribution is -2.22. The van der Waals surface area contributed by atoms with Crippen molar-refractivity contribution >= 4 is 46.6 Å². The minimum atomic E-state index is -0.375. The fourth-order valence-electron chi connectivity index (χ4n) is 3.25. The number of hydrogen-bond acceptors (Lipinski definition) is 8. The van der Waals surface area contributed by atoms with E-state index in [4.69, 9.17) is 39.4 Å². The van der Waals surface area contributed by atoms with Crippen molar-refractivity contribution in [1.82, 2.24) is 15.0 Å². The highest BCUT2D eigenvalue weighted by atomic mass is 35.5. The Balaban J connectivity index is 1.91. The van der Waals surface area contributed by atoms with Crippen LogP contribution in [0.3, 0.4) is 0 Å². The van der Waals surface area contributed by atoms with Crippen molar-refractivity contribution in [2.24, 2.45) is 10.3 Å². The topological polar surface area (TPSA) is 132 Å². The highest BCUT2D eigenvalue weighted by Crippen LogP contribution is 2.35. The van der Waals surface area contributed by atoms with E-state index >= 15 is 0 Å². The Bertz CT molecular complexity index is 1200. The second-order valence-corrected chi connectivity index (χ2v) is 8.13. The molecule has 0 bridgehead atoms. The third kappa shape index (κ3) is 6.55. The number of nitrogens with zero attached hydrogens (tertiary/aromatic N) is 5. The zero-order chi connectivity index (χ0) is 24.7. The molecule has 0 atom stereocenters. The molecule has 3 aromatic rings. The SMILES string of the molecule is CCc1nc(N)nc(N)c1-c1ccc(Cl)c(N=NN(CCOC(C)=O)Cc2ccccc2Cl)c1. The van der Waals surface area contributed by atoms with Gasteiger partial charge >= 0.3 is 5.97 Å². The van der Waals surface area contributed by atoms with Gasteiger partial charge in [0.15, 0.2) is 0 Å². The van der Waals surface area contributed by atoms with Crippen LogP contribution >= 0.6 is 23.2 Å². The van der Waals surface area contributed by atoms with Crippen LogP contribution in [0, 0.1) is 0 Å². The van der Waals surface area contributed by atoms with Gasteiger partial charge in [0.1, 0.15) is 18.1 Å². The molecular formula is C23H25Cl2N7O2. The van der Waals surface area contributed by atoms with Crippen LogP contribution < -0.4 is 11.5 Å². The van der Waals surface area contributed by atoms with E-state index in [1.54, 1.807) is 23.2 Å². The molecule has 0 unspecified atom stereocenters. The first-order chi connectivity index (χ1) is 16.3. The van der Waals surface area contributed by atoms with Gasteiger partial charge in [-0.05, 0) is 35.7 Å². The number of ether oxygens (including phenoxy) is 1. The molecule has 34 heavy (non-hydrogen) atoms. The average Bonchev–Trinajstić information content (AvgIpc) is 2.79. The van der Waals surface area contributed by atoms with Gasteiger partial charge in [-0.3, -0.25) is 9.80 Å². The molecule has 0 aliphatic carbocycles. The zero-order valence-corrected chi connectivity index (χ0v) is 20.3. The molecule has 0 radical (unpaired) electrons. The van der Waals surface area contributed by atoms with Gasteiger partial charge in [-0.25, -0.2) is 4.98 Å². The molecule has 1 aromatic heterocycles. The average molecular weight is 502 g/mol. The fourth-order valence-corrected chi connectivity index (χ4v) is 3.60. The molecule has 9 nitrogen and oxygen atoms in total. The summed E-state index contributed by atoms with van der Waals surface area (Å²) in [5.41, 5.74) is 15.3. The summed E-state index contributed by atoms with van der Waals surface area (Å²) in [6.45, 7) is 4.12. The highest BCUT2D eigenvalue weighted by molar-refractivity contribution is 6.33. The molecule has 0 aliphatic rings. The largest absolute Gasteiger partial charge is 0.464 e. The lowest BCUT2D eigenvalue weighted by Gasteiger charge is -2.18. The van der Waals surface area contributed by atoms with E-state index < -0.39 is 0 Å². The predicted octanol–water partition coefficient (Wildman–Crippen LogP) is 5.24. The number of hydrogen-bond donors (Lipinski definition) is 2. The Hall–Kier alpha value is -3.43. The van der Waals surface area contributed by atoms with Crippen molar-refractivity contribution in [2.75, 3.05) is 24.6 Å². The Morgan fingerprint density at radius 3 is 2.59 bits per heavy atom. The summed E-state index contributed by atoms with van der Waals surface area (Å²) in [5, 5.41) is 11.3. The van der Waals surface area contributed by atoms with Crippen molar-refractivity contribution in [3.8, 4) is 11.1 Å². The molecule has 0 aliphatic heterocycles. The Kier molecular flexibility index (Phi) is 8.61. The third-order valence-corrected chi connectivity index (χ3v) is 5.53. The third-order valence-electron chi connectivity index (χ3n) is 4.84. The number of rotatable bonds is 9. The summed E-state index contributed by atoms with van der Waals surface area (Å²) >= 11 is 12.7. The first-order valence-corrected chi connectivity index (χ1v) is 11.3. The number of anilines is 2. The number of carbonyl (C=O) groups is 1. The smallest absolute Gasteiger partial charge is 0.302 e. The summed E-state index contributed by atoms with van der Waals surface area (Å²) in [5.74, 6) is 0.0201. The molecule has 0 fully saturated rings. The molecule has 2 aromatic carbocycles. The molecule has 0 amide bonds. The minimum absolute atomic E-state index is 0.120. The molecule has 11 heteroatoms. The van der Waals surface area contributed by atoms with Crippen molar-refractivity contribution in [2.45, 2.75) is 26.8 Å². The second-order valence-electron chi connectivity index (χ2n) is 7.32. The van der Waals surface area contributed by atoms with Crippen LogP contribution in [0.15, 0.2) is 52.8 Å². The van der Waals surface area contributed by atoms with Gasteiger partial charge in [-0.2, -0.15) is 4.98 Å². The monoisotopic (exact) mass is 501 g/mol. The summed E-state index contributed by atoms with van der Waals surface area (Å²) in [6, 6.07) is 12.7. The Morgan fingerprint density at radius 1 is 1.12 bits per heavy atom. The normalized spacial score (nSPS) is 11.1. The van der Waals surface area contributed by atoms with Crippen molar-refractivity contribution in [1.29, 1.82) is 0 Å².